The van der Waals surface area contributed by atoms with Gasteiger partial charge in [0.15, 0.2) is 0 Å². The highest BCUT2D eigenvalue weighted by atomic mass is 16.6. The number of nitrogens with zero attached hydrogens (tertiary/aromatic N) is 1. The molecule has 2 fully saturated rings. The molecule has 0 bridgehead atoms. The number of carbonyl (C=O) groups is 1. The summed E-state index contributed by atoms with van der Waals surface area (Å²) >= 11 is 0. The largest absolute Gasteiger partial charge is 0.371 e. The summed E-state index contributed by atoms with van der Waals surface area (Å²) in [4.78, 5) is 13.7. The highest BCUT2D eigenvalue weighted by molar-refractivity contribution is 5.76. The molecule has 0 spiro atoms. The molecule has 3 nitrogen and oxygen atoms in total. The zero-order valence-corrected chi connectivity index (χ0v) is 9.08. The van der Waals surface area contributed by atoms with Crippen LogP contribution in [0.4, 0.5) is 0 Å². The fraction of sp³-hybridized carbons (Fsp3) is 0.909. The molecule has 0 saturated carbocycles. The molecule has 2 rings (SSSR count). The van der Waals surface area contributed by atoms with Crippen LogP contribution >= 0.6 is 0 Å². The molecule has 1 atom stereocenters. The van der Waals surface area contributed by atoms with Crippen molar-refractivity contribution in [3.63, 3.8) is 0 Å². The predicted octanol–water partition coefficient (Wildman–Crippen LogP) is 1.42. The predicted molar refractivity (Wildman–Crippen MR) is 54.0 cm³/mol. The van der Waals surface area contributed by atoms with Crippen molar-refractivity contribution < 1.29 is 9.53 Å². The van der Waals surface area contributed by atoms with Gasteiger partial charge in [0.1, 0.15) is 0 Å². The van der Waals surface area contributed by atoms with Crippen LogP contribution in [0.1, 0.15) is 33.1 Å². The summed E-state index contributed by atoms with van der Waals surface area (Å²) in [6.07, 6.45) is 3.18. The molecule has 0 aromatic heterocycles. The maximum absolute atomic E-state index is 11.7. The normalized spacial score (nSPS) is 31.4. The van der Waals surface area contributed by atoms with E-state index in [1.165, 1.54) is 0 Å². The standard InChI is InChI=1S/C11H19NO2/c1-11(2)4-3-10(13)12(6-5-11)7-9-8-14-9/h9H,3-8H2,1-2H3. The number of amides is 1. The minimum Gasteiger partial charge on any atom is -0.371 e. The maximum Gasteiger partial charge on any atom is 0.222 e. The third-order valence-corrected chi connectivity index (χ3v) is 3.25. The number of likely N-dealkylation sites (tertiary alicyclic amines) is 1. The van der Waals surface area contributed by atoms with Crippen molar-refractivity contribution in [2.24, 2.45) is 5.41 Å². The van der Waals surface area contributed by atoms with Gasteiger partial charge in [0.05, 0.1) is 12.7 Å². The Labute approximate surface area is 85.4 Å². The van der Waals surface area contributed by atoms with Crippen molar-refractivity contribution in [3.05, 3.63) is 0 Å². The van der Waals surface area contributed by atoms with Crippen LogP contribution in [0.5, 0.6) is 0 Å². The van der Waals surface area contributed by atoms with Gasteiger partial charge in [-0.15, -0.1) is 0 Å². The smallest absolute Gasteiger partial charge is 0.222 e. The van der Waals surface area contributed by atoms with Crippen LogP contribution in [-0.2, 0) is 9.53 Å². The van der Waals surface area contributed by atoms with Gasteiger partial charge in [0.25, 0.3) is 0 Å². The SMILES string of the molecule is CC1(C)CCC(=O)N(CC2CO2)CC1. The monoisotopic (exact) mass is 197 g/mol. The van der Waals surface area contributed by atoms with Gasteiger partial charge in [0, 0.05) is 19.5 Å². The summed E-state index contributed by atoms with van der Waals surface area (Å²) < 4.78 is 5.16. The molecule has 0 aromatic rings. The quantitative estimate of drug-likeness (QED) is 0.627. The van der Waals surface area contributed by atoms with Crippen LogP contribution in [0, 0.1) is 5.41 Å². The molecule has 80 valence electrons. The minimum absolute atomic E-state index is 0.311. The third-order valence-electron chi connectivity index (χ3n) is 3.25. The van der Waals surface area contributed by atoms with E-state index >= 15 is 0 Å². The van der Waals surface area contributed by atoms with Crippen LogP contribution in [0.25, 0.3) is 0 Å². The van der Waals surface area contributed by atoms with Crippen molar-refractivity contribution in [3.8, 4) is 0 Å². The van der Waals surface area contributed by atoms with E-state index in [-0.39, 0.29) is 0 Å². The first-order valence-electron chi connectivity index (χ1n) is 5.46. The molecular formula is C11H19NO2. The fourth-order valence-electron chi connectivity index (χ4n) is 1.90. The van der Waals surface area contributed by atoms with Gasteiger partial charge in [-0.25, -0.2) is 0 Å². The zero-order chi connectivity index (χ0) is 10.2. The molecule has 1 unspecified atom stereocenters. The molecule has 14 heavy (non-hydrogen) atoms. The number of epoxide rings is 1. The van der Waals surface area contributed by atoms with Crippen LogP contribution in [0.15, 0.2) is 0 Å². The van der Waals surface area contributed by atoms with Crippen molar-refractivity contribution in [2.75, 3.05) is 19.7 Å². The average Bonchev–Trinajstić information content (AvgIpc) is 2.91. The van der Waals surface area contributed by atoms with Gasteiger partial charge in [0.2, 0.25) is 5.91 Å². The number of hydrogen-bond donors (Lipinski definition) is 0. The molecular weight excluding hydrogens is 178 g/mol. The van der Waals surface area contributed by atoms with E-state index in [2.05, 4.69) is 13.8 Å². The Morgan fingerprint density at radius 1 is 1.50 bits per heavy atom. The van der Waals surface area contributed by atoms with E-state index in [9.17, 15) is 4.79 Å². The Kier molecular flexibility index (Phi) is 2.52. The van der Waals surface area contributed by atoms with Crippen molar-refractivity contribution in [1.82, 2.24) is 4.90 Å². The van der Waals surface area contributed by atoms with Crippen LogP contribution < -0.4 is 0 Å². The summed E-state index contributed by atoms with van der Waals surface area (Å²) in [5, 5.41) is 0. The van der Waals surface area contributed by atoms with E-state index in [1.807, 2.05) is 4.90 Å². The van der Waals surface area contributed by atoms with E-state index in [0.29, 0.717) is 23.8 Å². The van der Waals surface area contributed by atoms with Gasteiger partial charge in [-0.05, 0) is 18.3 Å². The van der Waals surface area contributed by atoms with Gasteiger partial charge in [-0.3, -0.25) is 4.79 Å². The van der Waals surface area contributed by atoms with E-state index < -0.39 is 0 Å². The minimum atomic E-state index is 0.311. The maximum atomic E-state index is 11.7. The summed E-state index contributed by atoms with van der Waals surface area (Å²) in [6, 6.07) is 0. The number of ether oxygens (including phenoxy) is 1. The lowest BCUT2D eigenvalue weighted by Gasteiger charge is -2.22. The second kappa shape index (κ2) is 3.54. The second-order valence-corrected chi connectivity index (χ2v) is 5.21. The molecule has 0 aromatic carbocycles. The lowest BCUT2D eigenvalue weighted by molar-refractivity contribution is -0.130. The van der Waals surface area contributed by atoms with Gasteiger partial charge in [-0.1, -0.05) is 13.8 Å². The molecule has 2 heterocycles. The summed E-state index contributed by atoms with van der Waals surface area (Å²) in [6.45, 7) is 7.06. The molecule has 0 radical (unpaired) electrons. The first kappa shape index (κ1) is 9.97. The highest BCUT2D eigenvalue weighted by Gasteiger charge is 2.32. The number of carbonyl (C=O) groups excluding carboxylic acids is 1. The molecule has 1 amide bonds. The van der Waals surface area contributed by atoms with E-state index in [1.54, 1.807) is 0 Å². The summed E-state index contributed by atoms with van der Waals surface area (Å²) in [7, 11) is 0. The van der Waals surface area contributed by atoms with E-state index in [0.717, 1.165) is 32.5 Å². The van der Waals surface area contributed by atoms with Gasteiger partial charge < -0.3 is 9.64 Å². The second-order valence-electron chi connectivity index (χ2n) is 5.21. The van der Waals surface area contributed by atoms with Gasteiger partial charge >= 0.3 is 0 Å². The van der Waals surface area contributed by atoms with Crippen molar-refractivity contribution >= 4 is 5.91 Å². The third kappa shape index (κ3) is 2.47. The summed E-state index contributed by atoms with van der Waals surface area (Å²) in [5.74, 6) is 0.311. The highest BCUT2D eigenvalue weighted by Crippen LogP contribution is 2.30. The van der Waals surface area contributed by atoms with Crippen molar-refractivity contribution in [2.45, 2.75) is 39.2 Å². The van der Waals surface area contributed by atoms with Crippen LogP contribution in [0.2, 0.25) is 0 Å². The average molecular weight is 197 g/mol. The van der Waals surface area contributed by atoms with Crippen LogP contribution in [-0.4, -0.2) is 36.6 Å². The number of hydrogen-bond acceptors (Lipinski definition) is 2. The first-order chi connectivity index (χ1) is 6.57. The summed E-state index contributed by atoms with van der Waals surface area (Å²) in [5.41, 5.74) is 0.328. The van der Waals surface area contributed by atoms with Crippen molar-refractivity contribution in [1.29, 1.82) is 0 Å². The molecule has 2 aliphatic heterocycles. The zero-order valence-electron chi connectivity index (χ0n) is 9.08. The lowest BCUT2D eigenvalue weighted by Crippen LogP contribution is -2.33. The Balaban J connectivity index is 1.92. The fourth-order valence-corrected chi connectivity index (χ4v) is 1.90. The molecule has 2 saturated heterocycles. The van der Waals surface area contributed by atoms with Crippen LogP contribution in [0.3, 0.4) is 0 Å². The molecule has 3 heteroatoms. The van der Waals surface area contributed by atoms with Gasteiger partial charge in [-0.2, -0.15) is 0 Å². The van der Waals surface area contributed by atoms with E-state index in [4.69, 9.17) is 4.74 Å². The molecule has 2 aliphatic rings. The molecule has 0 aliphatic carbocycles. The Hall–Kier alpha value is -0.570. The Morgan fingerprint density at radius 2 is 2.21 bits per heavy atom. The Morgan fingerprint density at radius 3 is 2.86 bits per heavy atom. The topological polar surface area (TPSA) is 32.8 Å². The lowest BCUT2D eigenvalue weighted by atomic mass is 9.85. The first-order valence-corrected chi connectivity index (χ1v) is 5.46. The number of rotatable bonds is 2. The Bertz CT molecular complexity index is 233. The molecule has 0 N–H and O–H groups in total.